The molecule has 0 aliphatic rings. The minimum atomic E-state index is -4.13. The Labute approximate surface area is 209 Å². The minimum Gasteiger partial charge on any atom is -0.493 e. The van der Waals surface area contributed by atoms with Gasteiger partial charge in [0.15, 0.2) is 23.0 Å². The van der Waals surface area contributed by atoms with Gasteiger partial charge >= 0.3 is 0 Å². The maximum Gasteiger partial charge on any atom is 0.264 e. The number of fused-ring (bicyclic) bond motifs is 1. The van der Waals surface area contributed by atoms with E-state index in [1.165, 1.54) is 52.0 Å². The standard InChI is InChI=1S/C25H27N3O7S/c1-31-20-11-10-17(14-21(20)32-2)36(29,30)28(15-24-26-18-8-6-7-9-19(18)27-24)16-12-22(33-3)25(35-5)23(13-16)34-4/h6-14H,15H2,1-5H3,(H,26,27). The lowest BCUT2D eigenvalue weighted by molar-refractivity contribution is 0.324. The molecule has 3 aromatic carbocycles. The summed E-state index contributed by atoms with van der Waals surface area (Å²) >= 11 is 0. The molecule has 4 aromatic rings. The predicted octanol–water partition coefficient (Wildman–Crippen LogP) is 4.00. The average Bonchev–Trinajstić information content (AvgIpc) is 3.33. The minimum absolute atomic E-state index is 0.00464. The largest absolute Gasteiger partial charge is 0.493 e. The van der Waals surface area contributed by atoms with Gasteiger partial charge in [-0.2, -0.15) is 0 Å². The number of rotatable bonds is 10. The van der Waals surface area contributed by atoms with Gasteiger partial charge in [0.2, 0.25) is 5.75 Å². The van der Waals surface area contributed by atoms with E-state index in [1.54, 1.807) is 18.2 Å². The van der Waals surface area contributed by atoms with Crippen LogP contribution in [-0.2, 0) is 16.6 Å². The Kier molecular flexibility index (Phi) is 7.11. The summed E-state index contributed by atoms with van der Waals surface area (Å²) < 4.78 is 56.3. The molecular formula is C25H27N3O7S. The van der Waals surface area contributed by atoms with E-state index >= 15 is 0 Å². The molecule has 0 radical (unpaired) electrons. The van der Waals surface area contributed by atoms with Crippen molar-refractivity contribution in [2.75, 3.05) is 39.9 Å². The molecule has 1 heterocycles. The number of imidazole rings is 1. The van der Waals surface area contributed by atoms with E-state index in [0.717, 1.165) is 11.0 Å². The molecule has 1 aromatic heterocycles. The molecule has 0 aliphatic carbocycles. The normalized spacial score (nSPS) is 11.2. The van der Waals surface area contributed by atoms with E-state index in [2.05, 4.69) is 9.97 Å². The smallest absolute Gasteiger partial charge is 0.264 e. The molecule has 0 spiro atoms. The molecule has 1 N–H and O–H groups in total. The van der Waals surface area contributed by atoms with Gasteiger partial charge in [-0.3, -0.25) is 4.31 Å². The van der Waals surface area contributed by atoms with Crippen molar-refractivity contribution in [3.63, 3.8) is 0 Å². The number of hydrogen-bond donors (Lipinski definition) is 1. The number of nitrogens with one attached hydrogen (secondary N) is 1. The number of aromatic amines is 1. The summed E-state index contributed by atoms with van der Waals surface area (Å²) in [5.74, 6) is 2.11. The Morgan fingerprint density at radius 1 is 0.778 bits per heavy atom. The van der Waals surface area contributed by atoms with E-state index in [1.807, 2.05) is 24.3 Å². The number of ether oxygens (including phenoxy) is 5. The number of hydrogen-bond acceptors (Lipinski definition) is 8. The quantitative estimate of drug-likeness (QED) is 0.339. The molecule has 0 atom stereocenters. The zero-order chi connectivity index (χ0) is 25.9. The highest BCUT2D eigenvalue weighted by atomic mass is 32.2. The molecule has 36 heavy (non-hydrogen) atoms. The van der Waals surface area contributed by atoms with Crippen molar-refractivity contribution in [1.82, 2.24) is 9.97 Å². The van der Waals surface area contributed by atoms with Crippen LogP contribution in [0.1, 0.15) is 5.82 Å². The Morgan fingerprint density at radius 2 is 1.42 bits per heavy atom. The van der Waals surface area contributed by atoms with E-state index in [9.17, 15) is 8.42 Å². The highest BCUT2D eigenvalue weighted by Gasteiger charge is 2.29. The van der Waals surface area contributed by atoms with Gasteiger partial charge in [-0.05, 0) is 24.3 Å². The number of sulfonamides is 1. The van der Waals surface area contributed by atoms with Gasteiger partial charge in [0.25, 0.3) is 10.0 Å². The summed E-state index contributed by atoms with van der Waals surface area (Å²) in [7, 11) is 3.21. The summed E-state index contributed by atoms with van der Waals surface area (Å²) in [5.41, 5.74) is 1.81. The van der Waals surface area contributed by atoms with Gasteiger partial charge in [-0.15, -0.1) is 0 Å². The Balaban J connectivity index is 1.90. The van der Waals surface area contributed by atoms with Crippen LogP contribution in [-0.4, -0.2) is 53.9 Å². The molecule has 0 bridgehead atoms. The number of aromatic nitrogens is 2. The first kappa shape index (κ1) is 25.0. The molecule has 11 heteroatoms. The fourth-order valence-electron chi connectivity index (χ4n) is 3.85. The Hall–Kier alpha value is -4.12. The van der Waals surface area contributed by atoms with Crippen molar-refractivity contribution < 1.29 is 32.1 Å². The molecule has 0 aliphatic heterocycles. The summed E-state index contributed by atoms with van der Waals surface area (Å²) in [4.78, 5) is 7.77. The third-order valence-corrected chi connectivity index (χ3v) is 7.38. The SMILES string of the molecule is COc1ccc(S(=O)(=O)N(Cc2nc3ccccc3[nH]2)c2cc(OC)c(OC)c(OC)c2)cc1OC. The molecule has 0 amide bonds. The van der Waals surface area contributed by atoms with Crippen molar-refractivity contribution in [3.8, 4) is 28.7 Å². The van der Waals surface area contributed by atoms with E-state index < -0.39 is 10.0 Å². The van der Waals surface area contributed by atoms with E-state index in [-0.39, 0.29) is 17.2 Å². The van der Waals surface area contributed by atoms with Crippen LogP contribution in [0.3, 0.4) is 0 Å². The highest BCUT2D eigenvalue weighted by molar-refractivity contribution is 7.92. The summed E-state index contributed by atoms with van der Waals surface area (Å²) in [6.07, 6.45) is 0. The van der Waals surface area contributed by atoms with Crippen LogP contribution >= 0.6 is 0 Å². The zero-order valence-corrected chi connectivity index (χ0v) is 21.4. The lowest BCUT2D eigenvalue weighted by atomic mass is 10.2. The molecule has 0 fully saturated rings. The highest BCUT2D eigenvalue weighted by Crippen LogP contribution is 2.43. The van der Waals surface area contributed by atoms with Gasteiger partial charge in [0.05, 0.1) is 63.7 Å². The van der Waals surface area contributed by atoms with Crippen LogP contribution in [0.25, 0.3) is 11.0 Å². The average molecular weight is 514 g/mol. The van der Waals surface area contributed by atoms with Gasteiger partial charge in [-0.25, -0.2) is 13.4 Å². The molecule has 0 saturated heterocycles. The first-order chi connectivity index (χ1) is 17.4. The second-order valence-electron chi connectivity index (χ2n) is 7.61. The molecular weight excluding hydrogens is 486 g/mol. The first-order valence-corrected chi connectivity index (χ1v) is 12.3. The maximum atomic E-state index is 14.0. The molecule has 190 valence electrons. The van der Waals surface area contributed by atoms with Gasteiger partial charge in [0, 0.05) is 18.2 Å². The van der Waals surface area contributed by atoms with Gasteiger partial charge < -0.3 is 28.7 Å². The number of methoxy groups -OCH3 is 5. The fraction of sp³-hybridized carbons (Fsp3) is 0.240. The number of nitrogens with zero attached hydrogens (tertiary/aromatic N) is 2. The zero-order valence-electron chi connectivity index (χ0n) is 20.6. The summed E-state index contributed by atoms with van der Waals surface area (Å²) in [6, 6.07) is 15.0. The van der Waals surface area contributed by atoms with E-state index in [0.29, 0.717) is 34.5 Å². The van der Waals surface area contributed by atoms with Crippen LogP contribution in [0, 0.1) is 0 Å². The van der Waals surface area contributed by atoms with Crippen LogP contribution in [0.15, 0.2) is 59.5 Å². The second-order valence-corrected chi connectivity index (χ2v) is 9.47. The van der Waals surface area contributed by atoms with E-state index in [4.69, 9.17) is 23.7 Å². The number of anilines is 1. The van der Waals surface area contributed by atoms with Crippen molar-refractivity contribution in [2.45, 2.75) is 11.4 Å². The number of para-hydroxylation sites is 2. The van der Waals surface area contributed by atoms with Crippen molar-refractivity contribution in [3.05, 3.63) is 60.4 Å². The molecule has 0 unspecified atom stereocenters. The number of benzene rings is 3. The maximum absolute atomic E-state index is 14.0. The summed E-state index contributed by atoms with van der Waals surface area (Å²) in [5, 5.41) is 0. The molecule has 10 nitrogen and oxygen atoms in total. The lowest BCUT2D eigenvalue weighted by Crippen LogP contribution is -2.31. The predicted molar refractivity (Wildman–Crippen MR) is 135 cm³/mol. The van der Waals surface area contributed by atoms with Crippen molar-refractivity contribution >= 4 is 26.7 Å². The van der Waals surface area contributed by atoms with Crippen LogP contribution in [0.4, 0.5) is 5.69 Å². The third kappa shape index (κ3) is 4.57. The third-order valence-electron chi connectivity index (χ3n) is 5.61. The summed E-state index contributed by atoms with van der Waals surface area (Å²) in [6.45, 7) is -0.0933. The first-order valence-electron chi connectivity index (χ1n) is 10.8. The lowest BCUT2D eigenvalue weighted by Gasteiger charge is -2.25. The van der Waals surface area contributed by atoms with Crippen LogP contribution in [0.5, 0.6) is 28.7 Å². The Bertz CT molecular complexity index is 1430. The van der Waals surface area contributed by atoms with Crippen LogP contribution < -0.4 is 28.0 Å². The number of H-pyrrole nitrogens is 1. The fourth-order valence-corrected chi connectivity index (χ4v) is 5.27. The topological polar surface area (TPSA) is 112 Å². The molecule has 0 saturated carbocycles. The van der Waals surface area contributed by atoms with Crippen molar-refractivity contribution in [1.29, 1.82) is 0 Å². The monoisotopic (exact) mass is 513 g/mol. The second kappa shape index (κ2) is 10.2. The van der Waals surface area contributed by atoms with Crippen LogP contribution in [0.2, 0.25) is 0 Å². The Morgan fingerprint density at radius 3 is 2.00 bits per heavy atom. The molecule has 4 rings (SSSR count). The van der Waals surface area contributed by atoms with Gasteiger partial charge in [-0.1, -0.05) is 12.1 Å². The van der Waals surface area contributed by atoms with Crippen molar-refractivity contribution in [2.24, 2.45) is 0 Å². The van der Waals surface area contributed by atoms with Gasteiger partial charge in [0.1, 0.15) is 5.82 Å².